The van der Waals surface area contributed by atoms with Crippen molar-refractivity contribution >= 4 is 5.91 Å². The zero-order valence-electron chi connectivity index (χ0n) is 10.2. The van der Waals surface area contributed by atoms with E-state index in [1.54, 1.807) is 0 Å². The van der Waals surface area contributed by atoms with Crippen LogP contribution in [-0.2, 0) is 4.79 Å². The molecule has 4 heteroatoms. The van der Waals surface area contributed by atoms with Crippen molar-refractivity contribution in [2.75, 3.05) is 26.2 Å². The molecule has 1 aromatic carbocycles. The van der Waals surface area contributed by atoms with Gasteiger partial charge in [-0.1, -0.05) is 18.2 Å². The van der Waals surface area contributed by atoms with E-state index in [0.717, 1.165) is 12.3 Å². The highest BCUT2D eigenvalue weighted by atomic mass is 16.5. The Balaban J connectivity index is 1.96. The third kappa shape index (κ3) is 6.58. The quantitative estimate of drug-likeness (QED) is 0.666. The molecule has 0 unspecified atom stereocenters. The average molecular weight is 236 g/mol. The van der Waals surface area contributed by atoms with Crippen LogP contribution in [-0.4, -0.2) is 32.1 Å². The van der Waals surface area contributed by atoms with Crippen molar-refractivity contribution in [3.8, 4) is 5.75 Å². The molecule has 0 bridgehead atoms. The second-order valence-electron chi connectivity index (χ2n) is 3.62. The van der Waals surface area contributed by atoms with Gasteiger partial charge in [0.15, 0.2) is 0 Å². The van der Waals surface area contributed by atoms with Gasteiger partial charge in [-0.05, 0) is 19.1 Å². The average Bonchev–Trinajstić information content (AvgIpc) is 2.35. The summed E-state index contributed by atoms with van der Waals surface area (Å²) in [6, 6.07) is 9.69. The van der Waals surface area contributed by atoms with Gasteiger partial charge in [0.05, 0.1) is 0 Å². The van der Waals surface area contributed by atoms with Crippen LogP contribution in [0, 0.1) is 0 Å². The maximum Gasteiger partial charge on any atom is 0.221 e. The standard InChI is InChI=1S/C13H20N2O2/c1-2-15-13(16)8-9-14-10-11-17-12-6-4-3-5-7-12/h3-7,14H,2,8-11H2,1H3,(H,15,16). The molecule has 0 fully saturated rings. The van der Waals surface area contributed by atoms with E-state index in [0.29, 0.717) is 26.1 Å². The summed E-state index contributed by atoms with van der Waals surface area (Å²) in [5, 5.41) is 5.91. The molecule has 17 heavy (non-hydrogen) atoms. The van der Waals surface area contributed by atoms with Crippen LogP contribution in [0.4, 0.5) is 0 Å². The van der Waals surface area contributed by atoms with Gasteiger partial charge in [0.25, 0.3) is 0 Å². The lowest BCUT2D eigenvalue weighted by Crippen LogP contribution is -2.29. The summed E-state index contributed by atoms with van der Waals surface area (Å²) in [5.41, 5.74) is 0. The number of nitrogens with one attached hydrogen (secondary N) is 2. The molecule has 0 aliphatic heterocycles. The molecule has 0 spiro atoms. The molecule has 1 rings (SSSR count). The van der Waals surface area contributed by atoms with Gasteiger partial charge in [-0.25, -0.2) is 0 Å². The highest BCUT2D eigenvalue weighted by Gasteiger charge is 1.97. The van der Waals surface area contributed by atoms with Crippen molar-refractivity contribution in [1.29, 1.82) is 0 Å². The third-order valence-corrected chi connectivity index (χ3v) is 2.19. The second kappa shape index (κ2) is 8.58. The molecule has 0 radical (unpaired) electrons. The molecule has 1 aromatic rings. The molecular formula is C13H20N2O2. The van der Waals surface area contributed by atoms with Crippen LogP contribution < -0.4 is 15.4 Å². The van der Waals surface area contributed by atoms with Gasteiger partial charge in [0.2, 0.25) is 5.91 Å². The van der Waals surface area contributed by atoms with Crippen LogP contribution in [0.3, 0.4) is 0 Å². The number of amides is 1. The summed E-state index contributed by atoms with van der Waals surface area (Å²) in [6.45, 7) is 4.65. The van der Waals surface area contributed by atoms with E-state index in [1.165, 1.54) is 0 Å². The lowest BCUT2D eigenvalue weighted by atomic mass is 10.3. The predicted molar refractivity (Wildman–Crippen MR) is 68.1 cm³/mol. The van der Waals surface area contributed by atoms with Crippen molar-refractivity contribution in [1.82, 2.24) is 10.6 Å². The molecule has 0 saturated heterocycles. The summed E-state index contributed by atoms with van der Waals surface area (Å²) in [4.78, 5) is 11.1. The van der Waals surface area contributed by atoms with Gasteiger partial charge in [0, 0.05) is 26.1 Å². The number of hydrogen-bond donors (Lipinski definition) is 2. The first kappa shape index (κ1) is 13.5. The molecule has 0 aromatic heterocycles. The largest absolute Gasteiger partial charge is 0.492 e. The lowest BCUT2D eigenvalue weighted by molar-refractivity contribution is -0.120. The first-order valence-corrected chi connectivity index (χ1v) is 5.98. The second-order valence-corrected chi connectivity index (χ2v) is 3.62. The molecule has 2 N–H and O–H groups in total. The Morgan fingerprint density at radius 2 is 2.00 bits per heavy atom. The summed E-state index contributed by atoms with van der Waals surface area (Å²) >= 11 is 0. The minimum Gasteiger partial charge on any atom is -0.492 e. The van der Waals surface area contributed by atoms with Crippen LogP contribution in [0.15, 0.2) is 30.3 Å². The Morgan fingerprint density at radius 1 is 1.24 bits per heavy atom. The highest BCUT2D eigenvalue weighted by Crippen LogP contribution is 2.07. The summed E-state index contributed by atoms with van der Waals surface area (Å²) in [7, 11) is 0. The number of rotatable bonds is 8. The third-order valence-electron chi connectivity index (χ3n) is 2.19. The summed E-state index contributed by atoms with van der Waals surface area (Å²) < 4.78 is 5.50. The molecule has 0 atom stereocenters. The lowest BCUT2D eigenvalue weighted by Gasteiger charge is -2.07. The topological polar surface area (TPSA) is 50.4 Å². The molecule has 4 nitrogen and oxygen atoms in total. The van der Waals surface area contributed by atoms with E-state index in [-0.39, 0.29) is 5.91 Å². The molecule has 1 amide bonds. The summed E-state index contributed by atoms with van der Waals surface area (Å²) in [6.07, 6.45) is 0.513. The normalized spacial score (nSPS) is 9.94. The predicted octanol–water partition coefficient (Wildman–Crippen LogP) is 1.18. The Bertz CT molecular complexity index is 314. The Morgan fingerprint density at radius 3 is 2.71 bits per heavy atom. The van der Waals surface area contributed by atoms with Gasteiger partial charge in [-0.2, -0.15) is 0 Å². The van der Waals surface area contributed by atoms with E-state index in [2.05, 4.69) is 10.6 Å². The van der Waals surface area contributed by atoms with Crippen molar-refractivity contribution in [3.05, 3.63) is 30.3 Å². The van der Waals surface area contributed by atoms with E-state index in [9.17, 15) is 4.79 Å². The first-order chi connectivity index (χ1) is 8.33. The van der Waals surface area contributed by atoms with Crippen LogP contribution in [0.25, 0.3) is 0 Å². The van der Waals surface area contributed by atoms with E-state index >= 15 is 0 Å². The molecule has 0 saturated carbocycles. The van der Waals surface area contributed by atoms with Crippen LogP contribution >= 0.6 is 0 Å². The van der Waals surface area contributed by atoms with Gasteiger partial charge in [0.1, 0.15) is 12.4 Å². The molecule has 0 aliphatic rings. The Labute approximate surface area is 102 Å². The van der Waals surface area contributed by atoms with Crippen LogP contribution in [0.2, 0.25) is 0 Å². The molecule has 0 aliphatic carbocycles. The molecule has 94 valence electrons. The maximum atomic E-state index is 11.1. The van der Waals surface area contributed by atoms with Gasteiger partial charge in [-0.3, -0.25) is 4.79 Å². The SMILES string of the molecule is CCNC(=O)CCNCCOc1ccccc1. The van der Waals surface area contributed by atoms with E-state index in [1.807, 2.05) is 37.3 Å². The fourth-order valence-corrected chi connectivity index (χ4v) is 1.37. The van der Waals surface area contributed by atoms with Gasteiger partial charge < -0.3 is 15.4 Å². The van der Waals surface area contributed by atoms with Gasteiger partial charge in [-0.15, -0.1) is 0 Å². The minimum atomic E-state index is 0.0870. The Kier molecular flexibility index (Phi) is 6.82. The van der Waals surface area contributed by atoms with Crippen molar-refractivity contribution in [2.24, 2.45) is 0 Å². The number of hydrogen-bond acceptors (Lipinski definition) is 3. The smallest absolute Gasteiger partial charge is 0.221 e. The number of carbonyl (C=O) groups is 1. The summed E-state index contributed by atoms with van der Waals surface area (Å²) in [5.74, 6) is 0.960. The van der Waals surface area contributed by atoms with Crippen molar-refractivity contribution in [3.63, 3.8) is 0 Å². The zero-order chi connectivity index (χ0) is 12.3. The number of ether oxygens (including phenoxy) is 1. The Hall–Kier alpha value is -1.55. The number of benzene rings is 1. The van der Waals surface area contributed by atoms with E-state index in [4.69, 9.17) is 4.74 Å². The maximum absolute atomic E-state index is 11.1. The fourth-order valence-electron chi connectivity index (χ4n) is 1.37. The van der Waals surface area contributed by atoms with Crippen molar-refractivity contribution < 1.29 is 9.53 Å². The highest BCUT2D eigenvalue weighted by molar-refractivity contribution is 5.75. The van der Waals surface area contributed by atoms with Gasteiger partial charge >= 0.3 is 0 Å². The first-order valence-electron chi connectivity index (χ1n) is 5.98. The molecular weight excluding hydrogens is 216 g/mol. The van der Waals surface area contributed by atoms with E-state index < -0.39 is 0 Å². The number of carbonyl (C=O) groups excluding carboxylic acids is 1. The fraction of sp³-hybridized carbons (Fsp3) is 0.462. The monoisotopic (exact) mass is 236 g/mol. The zero-order valence-corrected chi connectivity index (χ0v) is 10.2. The molecule has 0 heterocycles. The van der Waals surface area contributed by atoms with Crippen molar-refractivity contribution in [2.45, 2.75) is 13.3 Å². The minimum absolute atomic E-state index is 0.0870. The number of para-hydroxylation sites is 1. The van der Waals surface area contributed by atoms with Crippen LogP contribution in [0.5, 0.6) is 5.75 Å². The van der Waals surface area contributed by atoms with Crippen LogP contribution in [0.1, 0.15) is 13.3 Å².